The van der Waals surface area contributed by atoms with E-state index < -0.39 is 11.5 Å². The molecule has 0 aromatic heterocycles. The number of carbonyl (C=O) groups is 1. The minimum Gasteiger partial charge on any atom is -0.507 e. The van der Waals surface area contributed by atoms with Gasteiger partial charge < -0.3 is 24.8 Å². The largest absolute Gasteiger partial charge is 0.507 e. The fourth-order valence-corrected chi connectivity index (χ4v) is 3.28. The molecule has 0 fully saturated rings. The normalized spacial score (nSPS) is 16.4. The Morgan fingerprint density at radius 2 is 1.93 bits per heavy atom. The van der Waals surface area contributed by atoms with E-state index in [2.05, 4.69) is 6.58 Å². The number of benzene rings is 2. The quantitative estimate of drug-likeness (QED) is 0.705. The third-order valence-corrected chi connectivity index (χ3v) is 4.89. The topological polar surface area (TPSA) is 96.2 Å². The number of methoxy groups -OCH3 is 1. The first-order chi connectivity index (χ1) is 12.7. The predicted octanol–water partition coefficient (Wildman–Crippen LogP) is 3.98. The van der Waals surface area contributed by atoms with Crippen LogP contribution in [-0.2, 0) is 5.41 Å². The van der Waals surface area contributed by atoms with Crippen LogP contribution >= 0.6 is 0 Å². The summed E-state index contributed by atoms with van der Waals surface area (Å²) in [5, 5.41) is 30.8. The third kappa shape index (κ3) is 3.07. The predicted molar refractivity (Wildman–Crippen MR) is 100.0 cm³/mol. The number of ketones is 1. The van der Waals surface area contributed by atoms with Crippen molar-refractivity contribution in [2.45, 2.75) is 31.8 Å². The minimum atomic E-state index is -0.731. The third-order valence-electron chi connectivity index (χ3n) is 4.89. The highest BCUT2D eigenvalue weighted by atomic mass is 16.5. The standard InChI is InChI=1S/C21H22O6/c1-5-21(2,3)19-14(24)10-17-18(20(19)25)13(23)9-15(27-17)11-6-7-12(22)16(8-11)26-4/h5-8,10,15,22,24-25H,1,9H2,2-4H3. The Labute approximate surface area is 157 Å². The zero-order chi connectivity index (χ0) is 19.9. The molecule has 2 aromatic rings. The van der Waals surface area contributed by atoms with E-state index in [0.717, 1.165) is 0 Å². The first-order valence-corrected chi connectivity index (χ1v) is 8.49. The number of aromatic hydroxyl groups is 3. The molecule has 1 unspecified atom stereocenters. The molecule has 0 saturated carbocycles. The van der Waals surface area contributed by atoms with Gasteiger partial charge in [0.2, 0.25) is 0 Å². The van der Waals surface area contributed by atoms with Gasteiger partial charge in [-0.1, -0.05) is 26.0 Å². The lowest BCUT2D eigenvalue weighted by Crippen LogP contribution is -2.22. The second kappa shape index (κ2) is 6.54. The van der Waals surface area contributed by atoms with Crippen molar-refractivity contribution in [2.75, 3.05) is 7.11 Å². The van der Waals surface area contributed by atoms with Crippen LogP contribution in [0.5, 0.6) is 28.7 Å². The highest BCUT2D eigenvalue weighted by molar-refractivity contribution is 6.03. The van der Waals surface area contributed by atoms with Crippen LogP contribution in [0.4, 0.5) is 0 Å². The summed E-state index contributed by atoms with van der Waals surface area (Å²) in [5.41, 5.74) is 0.195. The van der Waals surface area contributed by atoms with E-state index >= 15 is 0 Å². The van der Waals surface area contributed by atoms with Crippen LogP contribution in [0.25, 0.3) is 0 Å². The van der Waals surface area contributed by atoms with Crippen molar-refractivity contribution < 1.29 is 29.6 Å². The highest BCUT2D eigenvalue weighted by Crippen LogP contribution is 2.48. The summed E-state index contributed by atoms with van der Waals surface area (Å²) in [4.78, 5) is 12.8. The van der Waals surface area contributed by atoms with Gasteiger partial charge in [-0.3, -0.25) is 4.79 Å². The maximum absolute atomic E-state index is 12.8. The SMILES string of the molecule is C=CC(C)(C)c1c(O)cc2c(c1O)C(=O)CC(c1ccc(O)c(OC)c1)O2. The summed E-state index contributed by atoms with van der Waals surface area (Å²) < 4.78 is 11.0. The Balaban J connectivity index is 2.07. The lowest BCUT2D eigenvalue weighted by molar-refractivity contribution is 0.0844. The molecule has 1 aliphatic heterocycles. The molecule has 0 aliphatic carbocycles. The van der Waals surface area contributed by atoms with Gasteiger partial charge in [-0.05, 0) is 17.7 Å². The zero-order valence-electron chi connectivity index (χ0n) is 15.4. The van der Waals surface area contributed by atoms with Crippen LogP contribution in [-0.4, -0.2) is 28.2 Å². The number of fused-ring (bicyclic) bond motifs is 1. The molecule has 3 rings (SSSR count). The monoisotopic (exact) mass is 370 g/mol. The Bertz CT molecular complexity index is 929. The van der Waals surface area contributed by atoms with Crippen LogP contribution in [0, 0.1) is 0 Å². The van der Waals surface area contributed by atoms with E-state index in [-0.39, 0.29) is 52.1 Å². The fraction of sp³-hybridized carbons (Fsp3) is 0.286. The number of carbonyl (C=O) groups excluding carboxylic acids is 1. The average molecular weight is 370 g/mol. The van der Waals surface area contributed by atoms with Crippen molar-refractivity contribution in [3.8, 4) is 28.7 Å². The van der Waals surface area contributed by atoms with E-state index in [1.807, 2.05) is 0 Å². The van der Waals surface area contributed by atoms with Crippen LogP contribution in [0.15, 0.2) is 36.9 Å². The minimum absolute atomic E-state index is 0.00717. The van der Waals surface area contributed by atoms with E-state index in [0.29, 0.717) is 5.56 Å². The summed E-state index contributed by atoms with van der Waals surface area (Å²) in [5.74, 6) is -0.401. The molecule has 142 valence electrons. The molecule has 6 nitrogen and oxygen atoms in total. The number of hydrogen-bond acceptors (Lipinski definition) is 6. The molecule has 0 spiro atoms. The highest BCUT2D eigenvalue weighted by Gasteiger charge is 2.36. The van der Waals surface area contributed by atoms with Crippen molar-refractivity contribution in [3.05, 3.63) is 53.6 Å². The van der Waals surface area contributed by atoms with Crippen LogP contribution < -0.4 is 9.47 Å². The first kappa shape index (κ1) is 18.6. The smallest absolute Gasteiger partial charge is 0.174 e. The number of phenols is 3. The van der Waals surface area contributed by atoms with Gasteiger partial charge in [0.25, 0.3) is 0 Å². The molecular weight excluding hydrogens is 348 g/mol. The fourth-order valence-electron chi connectivity index (χ4n) is 3.28. The van der Waals surface area contributed by atoms with E-state index in [1.165, 1.54) is 19.2 Å². The lowest BCUT2D eigenvalue weighted by atomic mass is 9.81. The first-order valence-electron chi connectivity index (χ1n) is 8.49. The Morgan fingerprint density at radius 1 is 1.22 bits per heavy atom. The number of allylic oxidation sites excluding steroid dienone is 1. The van der Waals surface area contributed by atoms with Gasteiger partial charge in [0.05, 0.1) is 13.5 Å². The maximum atomic E-state index is 12.8. The number of Topliss-reactive ketones (excluding diaryl/α,β-unsaturated/α-hetero) is 1. The molecule has 2 aromatic carbocycles. The van der Waals surface area contributed by atoms with Gasteiger partial charge in [0.15, 0.2) is 17.3 Å². The number of hydrogen-bond donors (Lipinski definition) is 3. The molecule has 1 heterocycles. The Kier molecular flexibility index (Phi) is 4.51. The summed E-state index contributed by atoms with van der Waals surface area (Å²) in [6, 6.07) is 6.03. The van der Waals surface area contributed by atoms with E-state index in [1.54, 1.807) is 32.1 Å². The number of phenolic OH excluding ortho intramolecular Hbond substituents is 3. The second-order valence-electron chi connectivity index (χ2n) is 7.08. The zero-order valence-corrected chi connectivity index (χ0v) is 15.4. The summed E-state index contributed by atoms with van der Waals surface area (Å²) in [6.07, 6.45) is 0.970. The molecule has 0 bridgehead atoms. The van der Waals surface area contributed by atoms with Crippen LogP contribution in [0.1, 0.15) is 47.9 Å². The van der Waals surface area contributed by atoms with Gasteiger partial charge in [-0.15, -0.1) is 6.58 Å². The molecule has 1 atom stereocenters. The van der Waals surface area contributed by atoms with Crippen molar-refractivity contribution in [1.29, 1.82) is 0 Å². The molecule has 6 heteroatoms. The van der Waals surface area contributed by atoms with Crippen molar-refractivity contribution in [1.82, 2.24) is 0 Å². The molecule has 0 saturated heterocycles. The van der Waals surface area contributed by atoms with Crippen molar-refractivity contribution >= 4 is 5.78 Å². The van der Waals surface area contributed by atoms with Crippen molar-refractivity contribution in [3.63, 3.8) is 0 Å². The van der Waals surface area contributed by atoms with Crippen molar-refractivity contribution in [2.24, 2.45) is 0 Å². The van der Waals surface area contributed by atoms with Gasteiger partial charge in [0, 0.05) is 17.0 Å². The summed E-state index contributed by atoms with van der Waals surface area (Å²) in [7, 11) is 1.43. The molecular formula is C21H22O6. The molecule has 3 N–H and O–H groups in total. The maximum Gasteiger partial charge on any atom is 0.174 e. The van der Waals surface area contributed by atoms with Gasteiger partial charge in [-0.25, -0.2) is 0 Å². The molecule has 0 amide bonds. The lowest BCUT2D eigenvalue weighted by Gasteiger charge is -2.30. The number of rotatable bonds is 4. The summed E-state index contributed by atoms with van der Waals surface area (Å²) in [6.45, 7) is 7.28. The Hall–Kier alpha value is -3.15. The second-order valence-corrected chi connectivity index (χ2v) is 7.08. The Morgan fingerprint density at radius 3 is 2.56 bits per heavy atom. The van der Waals surface area contributed by atoms with Gasteiger partial charge in [-0.2, -0.15) is 0 Å². The molecule has 27 heavy (non-hydrogen) atoms. The van der Waals surface area contributed by atoms with E-state index in [9.17, 15) is 20.1 Å². The van der Waals surface area contributed by atoms with Gasteiger partial charge >= 0.3 is 0 Å². The average Bonchev–Trinajstić information content (AvgIpc) is 2.61. The molecule has 1 aliphatic rings. The summed E-state index contributed by atoms with van der Waals surface area (Å²) >= 11 is 0. The van der Waals surface area contributed by atoms with Crippen LogP contribution in [0.2, 0.25) is 0 Å². The van der Waals surface area contributed by atoms with E-state index in [4.69, 9.17) is 9.47 Å². The number of ether oxygens (including phenoxy) is 2. The van der Waals surface area contributed by atoms with Gasteiger partial charge in [0.1, 0.15) is 28.9 Å². The van der Waals surface area contributed by atoms with Crippen LogP contribution in [0.3, 0.4) is 0 Å². The molecule has 0 radical (unpaired) electrons.